The second-order valence-electron chi connectivity index (χ2n) is 4.53. The van der Waals surface area contributed by atoms with Crippen molar-refractivity contribution in [1.82, 2.24) is 9.97 Å². The molecule has 0 spiro atoms. The van der Waals surface area contributed by atoms with E-state index in [1.807, 2.05) is 23.4 Å². The summed E-state index contributed by atoms with van der Waals surface area (Å²) < 4.78 is 12.9. The van der Waals surface area contributed by atoms with E-state index in [0.717, 1.165) is 21.6 Å². The number of halogens is 1. The van der Waals surface area contributed by atoms with E-state index in [0.29, 0.717) is 6.54 Å². The summed E-state index contributed by atoms with van der Waals surface area (Å²) in [5.74, 6) is 0.821. The highest BCUT2D eigenvalue weighted by Gasteiger charge is 2.12. The van der Waals surface area contributed by atoms with E-state index in [2.05, 4.69) is 9.97 Å². The van der Waals surface area contributed by atoms with Crippen LogP contribution in [0.5, 0.6) is 0 Å². The van der Waals surface area contributed by atoms with Crippen molar-refractivity contribution in [2.45, 2.75) is 6.54 Å². The third-order valence-electron chi connectivity index (χ3n) is 3.02. The fourth-order valence-electron chi connectivity index (χ4n) is 2.09. The third kappa shape index (κ3) is 2.42. The zero-order valence-corrected chi connectivity index (χ0v) is 11.7. The zero-order chi connectivity index (χ0) is 14.1. The largest absolute Gasteiger partial charge is 0.368 e. The summed E-state index contributed by atoms with van der Waals surface area (Å²) in [6.07, 6.45) is 0. The number of aromatic nitrogens is 2. The van der Waals surface area contributed by atoms with Crippen molar-refractivity contribution in [3.05, 3.63) is 47.1 Å². The van der Waals surface area contributed by atoms with E-state index in [1.54, 1.807) is 12.1 Å². The first-order valence-electron chi connectivity index (χ1n) is 6.10. The minimum absolute atomic E-state index is 0.233. The number of thiophene rings is 1. The number of hydrogen-bond acceptors (Lipinski definition) is 5. The van der Waals surface area contributed by atoms with Crippen LogP contribution in [0.25, 0.3) is 10.2 Å². The summed E-state index contributed by atoms with van der Waals surface area (Å²) in [5.41, 5.74) is 6.75. The Morgan fingerprint density at radius 3 is 2.70 bits per heavy atom. The topological polar surface area (TPSA) is 55.0 Å². The van der Waals surface area contributed by atoms with Gasteiger partial charge in [0.05, 0.1) is 5.39 Å². The molecule has 0 radical (unpaired) electrons. The molecule has 0 amide bonds. The van der Waals surface area contributed by atoms with Gasteiger partial charge in [0.1, 0.15) is 16.5 Å². The Morgan fingerprint density at radius 1 is 1.20 bits per heavy atom. The molecule has 2 N–H and O–H groups in total. The number of anilines is 2. The minimum atomic E-state index is -0.233. The Hall–Kier alpha value is -2.21. The van der Waals surface area contributed by atoms with Gasteiger partial charge in [0.2, 0.25) is 5.95 Å². The quantitative estimate of drug-likeness (QED) is 0.805. The molecule has 0 atom stereocenters. The monoisotopic (exact) mass is 288 g/mol. The van der Waals surface area contributed by atoms with Crippen molar-refractivity contribution in [2.75, 3.05) is 17.7 Å². The first-order chi connectivity index (χ1) is 9.63. The lowest BCUT2D eigenvalue weighted by Crippen LogP contribution is -2.18. The summed E-state index contributed by atoms with van der Waals surface area (Å²) in [6, 6.07) is 8.42. The van der Waals surface area contributed by atoms with Gasteiger partial charge in [-0.1, -0.05) is 12.1 Å². The first kappa shape index (κ1) is 12.8. The normalized spacial score (nSPS) is 10.9. The third-order valence-corrected chi connectivity index (χ3v) is 3.82. The molecular weight excluding hydrogens is 275 g/mol. The Balaban J connectivity index is 1.93. The molecule has 6 heteroatoms. The molecule has 0 saturated carbocycles. The molecule has 0 aliphatic heterocycles. The molecule has 0 aliphatic rings. The van der Waals surface area contributed by atoms with Crippen LogP contribution in [-0.2, 0) is 6.54 Å². The zero-order valence-electron chi connectivity index (χ0n) is 10.9. The fraction of sp³-hybridized carbons (Fsp3) is 0.143. The van der Waals surface area contributed by atoms with Crippen molar-refractivity contribution in [2.24, 2.45) is 0 Å². The van der Waals surface area contributed by atoms with E-state index in [-0.39, 0.29) is 11.8 Å². The SMILES string of the molecule is CN(Cc1ccc(F)cc1)c1nc(N)nc2sccc12. The lowest BCUT2D eigenvalue weighted by molar-refractivity contribution is 0.627. The van der Waals surface area contributed by atoms with Crippen molar-refractivity contribution in [3.8, 4) is 0 Å². The second-order valence-corrected chi connectivity index (χ2v) is 5.42. The summed E-state index contributed by atoms with van der Waals surface area (Å²) in [4.78, 5) is 11.4. The highest BCUT2D eigenvalue weighted by atomic mass is 32.1. The molecule has 2 aromatic heterocycles. The molecule has 3 aromatic rings. The Labute approximate surface area is 119 Å². The van der Waals surface area contributed by atoms with Gasteiger partial charge >= 0.3 is 0 Å². The molecule has 4 nitrogen and oxygen atoms in total. The number of fused-ring (bicyclic) bond motifs is 1. The lowest BCUT2D eigenvalue weighted by Gasteiger charge is -2.19. The molecule has 0 saturated heterocycles. The molecule has 2 heterocycles. The Kier molecular flexibility index (Phi) is 3.23. The van der Waals surface area contributed by atoms with Gasteiger partial charge in [0.15, 0.2) is 0 Å². The van der Waals surface area contributed by atoms with Crippen LogP contribution in [0.1, 0.15) is 5.56 Å². The van der Waals surface area contributed by atoms with Crippen LogP contribution in [-0.4, -0.2) is 17.0 Å². The predicted octanol–water partition coefficient (Wildman–Crippen LogP) is 3.05. The van der Waals surface area contributed by atoms with E-state index >= 15 is 0 Å². The van der Waals surface area contributed by atoms with Gasteiger partial charge in [-0.3, -0.25) is 0 Å². The van der Waals surface area contributed by atoms with Crippen molar-refractivity contribution in [3.63, 3.8) is 0 Å². The lowest BCUT2D eigenvalue weighted by atomic mass is 10.2. The summed E-state index contributed by atoms with van der Waals surface area (Å²) in [7, 11) is 1.93. The van der Waals surface area contributed by atoms with E-state index in [1.165, 1.54) is 23.5 Å². The number of rotatable bonds is 3. The first-order valence-corrected chi connectivity index (χ1v) is 6.98. The van der Waals surface area contributed by atoms with Crippen molar-refractivity contribution < 1.29 is 4.39 Å². The summed E-state index contributed by atoms with van der Waals surface area (Å²) >= 11 is 1.53. The van der Waals surface area contributed by atoms with Gasteiger partial charge in [-0.05, 0) is 29.1 Å². The number of nitrogen functional groups attached to an aromatic ring is 1. The van der Waals surface area contributed by atoms with Crippen LogP contribution in [0.15, 0.2) is 35.7 Å². The summed E-state index contributed by atoms with van der Waals surface area (Å²) in [6.45, 7) is 0.627. The average molecular weight is 288 g/mol. The van der Waals surface area contributed by atoms with Crippen molar-refractivity contribution >= 4 is 33.3 Å². The van der Waals surface area contributed by atoms with Gasteiger partial charge in [0, 0.05) is 13.6 Å². The van der Waals surface area contributed by atoms with Crippen LogP contribution in [0.3, 0.4) is 0 Å². The Bertz CT molecular complexity index is 739. The van der Waals surface area contributed by atoms with Crippen LogP contribution in [0.4, 0.5) is 16.2 Å². The fourth-order valence-corrected chi connectivity index (χ4v) is 2.85. The smallest absolute Gasteiger partial charge is 0.223 e. The van der Waals surface area contributed by atoms with Gasteiger partial charge in [-0.25, -0.2) is 9.37 Å². The molecule has 102 valence electrons. The minimum Gasteiger partial charge on any atom is -0.368 e. The standard InChI is InChI=1S/C14H13FN4S/c1-19(8-9-2-4-10(15)5-3-9)12-11-6-7-20-13(11)18-14(16)17-12/h2-7H,8H2,1H3,(H2,16,17,18). The molecule has 0 bridgehead atoms. The van der Waals surface area contributed by atoms with Crippen LogP contribution in [0.2, 0.25) is 0 Å². The van der Waals surface area contributed by atoms with Crippen LogP contribution in [0, 0.1) is 5.82 Å². The molecule has 20 heavy (non-hydrogen) atoms. The molecule has 0 fully saturated rings. The maximum absolute atomic E-state index is 12.9. The highest BCUT2D eigenvalue weighted by molar-refractivity contribution is 7.16. The number of nitrogens with two attached hydrogens (primary N) is 1. The maximum Gasteiger partial charge on any atom is 0.223 e. The molecule has 0 unspecified atom stereocenters. The van der Waals surface area contributed by atoms with Gasteiger partial charge < -0.3 is 10.6 Å². The van der Waals surface area contributed by atoms with Gasteiger partial charge in [0.25, 0.3) is 0 Å². The molecular formula is C14H13FN4S. The van der Waals surface area contributed by atoms with Crippen LogP contribution >= 0.6 is 11.3 Å². The number of benzene rings is 1. The Morgan fingerprint density at radius 2 is 1.95 bits per heavy atom. The van der Waals surface area contributed by atoms with E-state index < -0.39 is 0 Å². The van der Waals surface area contributed by atoms with Crippen LogP contribution < -0.4 is 10.6 Å². The van der Waals surface area contributed by atoms with E-state index in [4.69, 9.17) is 5.73 Å². The molecule has 0 aliphatic carbocycles. The average Bonchev–Trinajstić information content (AvgIpc) is 2.88. The predicted molar refractivity (Wildman–Crippen MR) is 80.3 cm³/mol. The second kappa shape index (κ2) is 5.05. The van der Waals surface area contributed by atoms with Gasteiger partial charge in [-0.15, -0.1) is 11.3 Å². The number of nitrogens with zero attached hydrogens (tertiary/aromatic N) is 3. The molecule has 1 aromatic carbocycles. The van der Waals surface area contributed by atoms with E-state index in [9.17, 15) is 4.39 Å². The van der Waals surface area contributed by atoms with Crippen molar-refractivity contribution in [1.29, 1.82) is 0 Å². The maximum atomic E-state index is 12.9. The number of hydrogen-bond donors (Lipinski definition) is 1. The highest BCUT2D eigenvalue weighted by Crippen LogP contribution is 2.28. The molecule has 3 rings (SSSR count). The van der Waals surface area contributed by atoms with Gasteiger partial charge in [-0.2, -0.15) is 4.98 Å². The summed E-state index contributed by atoms with van der Waals surface area (Å²) in [5, 5.41) is 2.95.